The Morgan fingerprint density at radius 1 is 1.00 bits per heavy atom. The minimum absolute atomic E-state index is 0.0908. The van der Waals surface area contributed by atoms with Crippen molar-refractivity contribution in [3.05, 3.63) is 60.7 Å². The van der Waals surface area contributed by atoms with Gasteiger partial charge in [-0.25, -0.2) is 4.79 Å². The number of para-hydroxylation sites is 2. The molecule has 0 unspecified atom stereocenters. The first-order valence-electron chi connectivity index (χ1n) is 7.60. The number of benzene rings is 2. The molecule has 0 spiro atoms. The fourth-order valence-corrected chi connectivity index (χ4v) is 2.64. The van der Waals surface area contributed by atoms with Gasteiger partial charge in [0.25, 0.3) is 0 Å². The Kier molecular flexibility index (Phi) is 4.28. The van der Waals surface area contributed by atoms with Crippen molar-refractivity contribution in [2.24, 2.45) is 0 Å². The molecule has 0 aliphatic carbocycles. The third-order valence-electron chi connectivity index (χ3n) is 4.01. The molecule has 0 aromatic heterocycles. The first kappa shape index (κ1) is 15.1. The second kappa shape index (κ2) is 6.52. The quantitative estimate of drug-likeness (QED) is 0.871. The molecule has 0 atom stereocenters. The van der Waals surface area contributed by atoms with E-state index in [1.807, 2.05) is 60.7 Å². The van der Waals surface area contributed by atoms with E-state index in [9.17, 15) is 9.59 Å². The molecule has 23 heavy (non-hydrogen) atoms. The summed E-state index contributed by atoms with van der Waals surface area (Å²) in [5.41, 5.74) is 1.69. The van der Waals surface area contributed by atoms with Crippen molar-refractivity contribution in [1.82, 2.24) is 4.90 Å². The molecule has 0 radical (unpaired) electrons. The zero-order valence-corrected chi connectivity index (χ0v) is 13.1. The van der Waals surface area contributed by atoms with Gasteiger partial charge < -0.3 is 9.80 Å². The van der Waals surface area contributed by atoms with E-state index in [1.54, 1.807) is 21.7 Å². The van der Waals surface area contributed by atoms with Crippen LogP contribution >= 0.6 is 0 Å². The van der Waals surface area contributed by atoms with Crippen molar-refractivity contribution < 1.29 is 9.59 Å². The number of anilines is 2. The molecular formula is C18H19N3O2. The van der Waals surface area contributed by atoms with Gasteiger partial charge in [0, 0.05) is 31.5 Å². The van der Waals surface area contributed by atoms with Gasteiger partial charge in [0.05, 0.1) is 0 Å². The van der Waals surface area contributed by atoms with Crippen LogP contribution in [0, 0.1) is 0 Å². The summed E-state index contributed by atoms with van der Waals surface area (Å²) in [6, 6.07) is 18.8. The van der Waals surface area contributed by atoms with Crippen LogP contribution in [-0.4, -0.2) is 43.5 Å². The molecule has 0 N–H and O–H groups in total. The average molecular weight is 309 g/mol. The van der Waals surface area contributed by atoms with Gasteiger partial charge in [0.15, 0.2) is 0 Å². The Labute approximate surface area is 135 Å². The van der Waals surface area contributed by atoms with E-state index in [2.05, 4.69) is 0 Å². The fourth-order valence-electron chi connectivity index (χ4n) is 2.64. The summed E-state index contributed by atoms with van der Waals surface area (Å²) in [6.45, 7) is 1.25. The van der Waals surface area contributed by atoms with Crippen LogP contribution in [0.1, 0.15) is 0 Å². The lowest BCUT2D eigenvalue weighted by Gasteiger charge is -2.22. The maximum absolute atomic E-state index is 12.5. The first-order chi connectivity index (χ1) is 11.2. The third kappa shape index (κ3) is 3.18. The monoisotopic (exact) mass is 309 g/mol. The Balaban J connectivity index is 1.65. The second-order valence-electron chi connectivity index (χ2n) is 5.48. The zero-order valence-electron chi connectivity index (χ0n) is 13.1. The normalized spacial score (nSPS) is 14.2. The highest BCUT2D eigenvalue weighted by Gasteiger charge is 2.31. The largest absolute Gasteiger partial charge is 0.325 e. The molecule has 1 saturated heterocycles. The molecule has 1 heterocycles. The van der Waals surface area contributed by atoms with E-state index >= 15 is 0 Å². The van der Waals surface area contributed by atoms with Crippen LogP contribution in [-0.2, 0) is 4.79 Å². The van der Waals surface area contributed by atoms with Crippen LogP contribution in [0.4, 0.5) is 16.2 Å². The summed E-state index contributed by atoms with van der Waals surface area (Å²) in [5, 5.41) is 0. The van der Waals surface area contributed by atoms with E-state index in [0.717, 1.165) is 11.4 Å². The number of hydrogen-bond acceptors (Lipinski definition) is 2. The molecular weight excluding hydrogens is 290 g/mol. The molecule has 2 aromatic carbocycles. The smallest absolute Gasteiger partial charge is 0.314 e. The molecule has 5 heteroatoms. The number of carbonyl (C=O) groups is 2. The highest BCUT2D eigenvalue weighted by molar-refractivity contribution is 6.00. The van der Waals surface area contributed by atoms with E-state index in [0.29, 0.717) is 13.1 Å². The summed E-state index contributed by atoms with van der Waals surface area (Å²) < 4.78 is 0. The van der Waals surface area contributed by atoms with Gasteiger partial charge in [0.2, 0.25) is 5.91 Å². The number of carbonyl (C=O) groups excluding carboxylic acids is 2. The molecule has 0 saturated carbocycles. The van der Waals surface area contributed by atoms with Gasteiger partial charge in [-0.05, 0) is 24.3 Å². The number of amides is 3. The predicted octanol–water partition coefficient (Wildman–Crippen LogP) is 2.59. The Hall–Kier alpha value is -2.82. The van der Waals surface area contributed by atoms with E-state index in [4.69, 9.17) is 0 Å². The van der Waals surface area contributed by atoms with Crippen molar-refractivity contribution in [3.8, 4) is 0 Å². The topological polar surface area (TPSA) is 43.9 Å². The van der Waals surface area contributed by atoms with Gasteiger partial charge in [-0.1, -0.05) is 36.4 Å². The lowest BCUT2D eigenvalue weighted by Crippen LogP contribution is -2.40. The van der Waals surface area contributed by atoms with E-state index in [1.165, 1.54) is 0 Å². The molecule has 1 fully saturated rings. The molecule has 3 amide bonds. The predicted molar refractivity (Wildman–Crippen MR) is 90.6 cm³/mol. The van der Waals surface area contributed by atoms with E-state index in [-0.39, 0.29) is 18.5 Å². The van der Waals surface area contributed by atoms with Crippen LogP contribution < -0.4 is 9.80 Å². The third-order valence-corrected chi connectivity index (χ3v) is 4.01. The molecule has 2 aromatic rings. The maximum Gasteiger partial charge on any atom is 0.325 e. The van der Waals surface area contributed by atoms with E-state index < -0.39 is 0 Å². The molecule has 0 bridgehead atoms. The molecule has 1 aliphatic heterocycles. The van der Waals surface area contributed by atoms with Crippen LogP contribution in [0.2, 0.25) is 0 Å². The van der Waals surface area contributed by atoms with Gasteiger partial charge in [-0.15, -0.1) is 0 Å². The number of urea groups is 1. The minimum atomic E-state index is -0.119. The standard InChI is InChI=1S/C18H19N3O2/c1-19(15-8-4-2-5-9-15)17(22)14-20-12-13-21(18(20)23)16-10-6-3-7-11-16/h2-11H,12-14H2,1H3. The fraction of sp³-hybridized carbons (Fsp3) is 0.222. The summed E-state index contributed by atoms with van der Waals surface area (Å²) in [6.07, 6.45) is 0. The highest BCUT2D eigenvalue weighted by Crippen LogP contribution is 2.20. The van der Waals surface area contributed by atoms with Crippen LogP contribution in [0.3, 0.4) is 0 Å². The maximum atomic E-state index is 12.5. The Morgan fingerprint density at radius 3 is 2.26 bits per heavy atom. The Bertz CT molecular complexity index is 688. The highest BCUT2D eigenvalue weighted by atomic mass is 16.2. The van der Waals surface area contributed by atoms with Gasteiger partial charge in [-0.2, -0.15) is 0 Å². The average Bonchev–Trinajstić information content (AvgIpc) is 2.96. The van der Waals surface area contributed by atoms with Crippen LogP contribution in [0.15, 0.2) is 60.7 Å². The number of hydrogen-bond donors (Lipinski definition) is 0. The minimum Gasteiger partial charge on any atom is -0.314 e. The van der Waals surface area contributed by atoms with Gasteiger partial charge in [0.1, 0.15) is 6.54 Å². The van der Waals surface area contributed by atoms with Crippen molar-refractivity contribution in [1.29, 1.82) is 0 Å². The van der Waals surface area contributed by atoms with Crippen molar-refractivity contribution in [2.45, 2.75) is 0 Å². The summed E-state index contributed by atoms with van der Waals surface area (Å²) in [4.78, 5) is 29.8. The van der Waals surface area contributed by atoms with Crippen molar-refractivity contribution in [3.63, 3.8) is 0 Å². The van der Waals surface area contributed by atoms with Crippen LogP contribution in [0.25, 0.3) is 0 Å². The summed E-state index contributed by atoms with van der Waals surface area (Å²) in [5.74, 6) is -0.0977. The molecule has 3 rings (SSSR count). The van der Waals surface area contributed by atoms with Gasteiger partial charge >= 0.3 is 6.03 Å². The first-order valence-corrected chi connectivity index (χ1v) is 7.60. The molecule has 118 valence electrons. The van der Waals surface area contributed by atoms with Crippen LogP contribution in [0.5, 0.6) is 0 Å². The zero-order chi connectivity index (χ0) is 16.2. The van der Waals surface area contributed by atoms with Crippen molar-refractivity contribution >= 4 is 23.3 Å². The lowest BCUT2D eigenvalue weighted by atomic mass is 10.3. The number of rotatable bonds is 4. The summed E-state index contributed by atoms with van der Waals surface area (Å²) in [7, 11) is 1.73. The lowest BCUT2D eigenvalue weighted by molar-refractivity contribution is -0.118. The molecule has 5 nitrogen and oxygen atoms in total. The number of likely N-dealkylation sites (N-methyl/N-ethyl adjacent to an activating group) is 1. The SMILES string of the molecule is CN(C(=O)CN1CCN(c2ccccc2)C1=O)c1ccccc1. The second-order valence-corrected chi connectivity index (χ2v) is 5.48. The van der Waals surface area contributed by atoms with Crippen molar-refractivity contribution in [2.75, 3.05) is 36.5 Å². The summed E-state index contributed by atoms with van der Waals surface area (Å²) >= 11 is 0. The molecule has 1 aliphatic rings. The van der Waals surface area contributed by atoms with Gasteiger partial charge in [-0.3, -0.25) is 9.69 Å². The number of nitrogens with zero attached hydrogens (tertiary/aromatic N) is 3. The Morgan fingerprint density at radius 2 is 1.61 bits per heavy atom.